The highest BCUT2D eigenvalue weighted by Crippen LogP contribution is 2.24. The number of benzene rings is 1. The van der Waals surface area contributed by atoms with E-state index in [1.54, 1.807) is 0 Å². The minimum absolute atomic E-state index is 0.112. The van der Waals surface area contributed by atoms with E-state index in [4.69, 9.17) is 5.73 Å². The predicted octanol–water partition coefficient (Wildman–Crippen LogP) is 2.96. The Morgan fingerprint density at radius 2 is 2.26 bits per heavy atom. The molecule has 1 aromatic rings. The molecule has 4 heteroatoms. The molecule has 1 saturated heterocycles. The summed E-state index contributed by atoms with van der Waals surface area (Å²) in [5, 5.41) is 0. The molecule has 0 radical (unpaired) electrons. The zero-order valence-corrected chi connectivity index (χ0v) is 13.1. The minimum atomic E-state index is 0.112. The normalized spacial score (nSPS) is 23.5. The zero-order valence-electron chi connectivity index (χ0n) is 11.5. The van der Waals surface area contributed by atoms with Crippen LogP contribution in [0.3, 0.4) is 0 Å². The zero-order chi connectivity index (χ0) is 14.0. The highest BCUT2D eigenvalue weighted by Gasteiger charge is 2.29. The molecule has 1 fully saturated rings. The van der Waals surface area contributed by atoms with E-state index in [2.05, 4.69) is 22.9 Å². The summed E-state index contributed by atoms with van der Waals surface area (Å²) in [5.74, 6) is 0.530. The van der Waals surface area contributed by atoms with Crippen molar-refractivity contribution < 1.29 is 4.79 Å². The third-order valence-electron chi connectivity index (χ3n) is 3.96. The Balaban J connectivity index is 2.18. The van der Waals surface area contributed by atoms with E-state index in [0.717, 1.165) is 41.5 Å². The Kier molecular flexibility index (Phi) is 4.63. The van der Waals surface area contributed by atoms with Crippen LogP contribution in [0, 0.1) is 12.8 Å². The molecular weight excluding hydrogens is 304 g/mol. The van der Waals surface area contributed by atoms with Crippen LogP contribution in [0.25, 0.3) is 0 Å². The molecule has 1 heterocycles. The van der Waals surface area contributed by atoms with Gasteiger partial charge in [-0.3, -0.25) is 4.79 Å². The summed E-state index contributed by atoms with van der Waals surface area (Å²) in [4.78, 5) is 14.5. The number of halogens is 1. The lowest BCUT2D eigenvalue weighted by molar-refractivity contribution is 0.0648. The van der Waals surface area contributed by atoms with E-state index in [0.29, 0.717) is 5.92 Å². The predicted molar refractivity (Wildman–Crippen MR) is 81.2 cm³/mol. The number of aryl methyl sites for hydroxylation is 1. The summed E-state index contributed by atoms with van der Waals surface area (Å²) in [6.45, 7) is 5.68. The number of rotatable bonds is 2. The molecule has 1 amide bonds. The Morgan fingerprint density at radius 3 is 2.95 bits per heavy atom. The average molecular weight is 325 g/mol. The molecule has 1 aliphatic rings. The maximum atomic E-state index is 12.6. The van der Waals surface area contributed by atoms with E-state index in [9.17, 15) is 4.79 Å². The lowest BCUT2D eigenvalue weighted by atomic mass is 9.90. The number of likely N-dealkylation sites (tertiary alicyclic amines) is 1. The van der Waals surface area contributed by atoms with E-state index in [-0.39, 0.29) is 11.9 Å². The van der Waals surface area contributed by atoms with Gasteiger partial charge in [-0.2, -0.15) is 0 Å². The van der Waals surface area contributed by atoms with Gasteiger partial charge in [-0.15, -0.1) is 0 Å². The molecule has 1 aliphatic heterocycles. The van der Waals surface area contributed by atoms with Crippen molar-refractivity contribution in [3.05, 3.63) is 33.8 Å². The van der Waals surface area contributed by atoms with Gasteiger partial charge >= 0.3 is 0 Å². The summed E-state index contributed by atoms with van der Waals surface area (Å²) < 4.78 is 0.867. The van der Waals surface area contributed by atoms with Crippen LogP contribution in [0.1, 0.15) is 35.7 Å². The van der Waals surface area contributed by atoms with Crippen LogP contribution in [0.4, 0.5) is 0 Å². The average Bonchev–Trinajstić information content (AvgIpc) is 2.41. The molecule has 19 heavy (non-hydrogen) atoms. The van der Waals surface area contributed by atoms with E-state index in [1.165, 1.54) is 0 Å². The van der Waals surface area contributed by atoms with Crippen LogP contribution in [0.5, 0.6) is 0 Å². The molecule has 3 nitrogen and oxygen atoms in total. The van der Waals surface area contributed by atoms with Crippen molar-refractivity contribution in [1.29, 1.82) is 0 Å². The highest BCUT2D eigenvalue weighted by molar-refractivity contribution is 9.10. The van der Waals surface area contributed by atoms with Crippen LogP contribution < -0.4 is 5.73 Å². The van der Waals surface area contributed by atoms with Crippen molar-refractivity contribution in [3.63, 3.8) is 0 Å². The van der Waals surface area contributed by atoms with Gasteiger partial charge in [-0.05, 0) is 47.3 Å². The standard InChI is InChI=1S/C15H21BrN2O/c1-3-11-9-18(7-6-14(11)17)15(19)12-8-10(2)4-5-13(12)16/h4-5,8,11,14H,3,6-7,9,17H2,1-2H3. The van der Waals surface area contributed by atoms with E-state index in [1.807, 2.05) is 30.0 Å². The summed E-state index contributed by atoms with van der Waals surface area (Å²) in [6.07, 6.45) is 1.92. The lowest BCUT2D eigenvalue weighted by Crippen LogP contribution is -2.49. The van der Waals surface area contributed by atoms with Gasteiger partial charge in [0.25, 0.3) is 5.91 Å². The van der Waals surface area contributed by atoms with Crippen molar-refractivity contribution in [1.82, 2.24) is 4.90 Å². The molecule has 0 spiro atoms. The fourth-order valence-corrected chi connectivity index (χ4v) is 3.06. The molecule has 0 bridgehead atoms. The fourth-order valence-electron chi connectivity index (χ4n) is 2.64. The highest BCUT2D eigenvalue weighted by atomic mass is 79.9. The number of piperidine rings is 1. The Labute approximate surface area is 123 Å². The van der Waals surface area contributed by atoms with Gasteiger partial charge < -0.3 is 10.6 Å². The lowest BCUT2D eigenvalue weighted by Gasteiger charge is -2.36. The second kappa shape index (κ2) is 6.06. The van der Waals surface area contributed by atoms with Gasteiger partial charge in [0, 0.05) is 23.6 Å². The van der Waals surface area contributed by atoms with Crippen LogP contribution in [-0.2, 0) is 0 Å². The van der Waals surface area contributed by atoms with Crippen molar-refractivity contribution >= 4 is 21.8 Å². The number of carbonyl (C=O) groups is 1. The number of hydrogen-bond donors (Lipinski definition) is 1. The SMILES string of the molecule is CCC1CN(C(=O)c2cc(C)ccc2Br)CCC1N. The van der Waals surface area contributed by atoms with Crippen molar-refractivity contribution in [3.8, 4) is 0 Å². The molecule has 104 valence electrons. The molecular formula is C15H21BrN2O. The Bertz CT molecular complexity index is 475. The van der Waals surface area contributed by atoms with Gasteiger partial charge in [-0.1, -0.05) is 25.0 Å². The first kappa shape index (κ1) is 14.5. The minimum Gasteiger partial charge on any atom is -0.338 e. The van der Waals surface area contributed by atoms with Crippen LogP contribution in [0.15, 0.2) is 22.7 Å². The topological polar surface area (TPSA) is 46.3 Å². The van der Waals surface area contributed by atoms with Crippen molar-refractivity contribution in [2.45, 2.75) is 32.7 Å². The maximum absolute atomic E-state index is 12.6. The number of hydrogen-bond acceptors (Lipinski definition) is 2. The molecule has 1 aromatic carbocycles. The molecule has 0 saturated carbocycles. The molecule has 0 aromatic heterocycles. The molecule has 2 atom stereocenters. The number of amides is 1. The second-order valence-electron chi connectivity index (χ2n) is 5.36. The number of carbonyl (C=O) groups excluding carboxylic acids is 1. The van der Waals surface area contributed by atoms with Gasteiger partial charge in [-0.25, -0.2) is 0 Å². The fraction of sp³-hybridized carbons (Fsp3) is 0.533. The summed E-state index contributed by atoms with van der Waals surface area (Å²) >= 11 is 3.47. The van der Waals surface area contributed by atoms with Crippen LogP contribution in [0.2, 0.25) is 0 Å². The number of nitrogens with zero attached hydrogens (tertiary/aromatic N) is 1. The molecule has 0 aliphatic carbocycles. The first-order chi connectivity index (χ1) is 9.02. The summed E-state index contributed by atoms with van der Waals surface area (Å²) in [7, 11) is 0. The van der Waals surface area contributed by atoms with Gasteiger partial charge in [0.1, 0.15) is 0 Å². The largest absolute Gasteiger partial charge is 0.338 e. The van der Waals surface area contributed by atoms with Crippen LogP contribution >= 0.6 is 15.9 Å². The molecule has 2 N–H and O–H groups in total. The summed E-state index contributed by atoms with van der Waals surface area (Å²) in [5.41, 5.74) is 7.96. The monoisotopic (exact) mass is 324 g/mol. The van der Waals surface area contributed by atoms with Gasteiger partial charge in [0.05, 0.1) is 5.56 Å². The number of nitrogens with two attached hydrogens (primary N) is 1. The Hall–Kier alpha value is -0.870. The third-order valence-corrected chi connectivity index (χ3v) is 4.65. The maximum Gasteiger partial charge on any atom is 0.255 e. The first-order valence-corrected chi connectivity index (χ1v) is 7.63. The second-order valence-corrected chi connectivity index (χ2v) is 6.21. The molecule has 2 unspecified atom stereocenters. The smallest absolute Gasteiger partial charge is 0.255 e. The summed E-state index contributed by atoms with van der Waals surface area (Å²) in [6, 6.07) is 6.12. The van der Waals surface area contributed by atoms with Gasteiger partial charge in [0.2, 0.25) is 0 Å². The molecule has 2 rings (SSSR count). The quantitative estimate of drug-likeness (QED) is 0.909. The Morgan fingerprint density at radius 1 is 1.53 bits per heavy atom. The van der Waals surface area contributed by atoms with Crippen molar-refractivity contribution in [2.24, 2.45) is 11.7 Å². The van der Waals surface area contributed by atoms with Crippen LogP contribution in [-0.4, -0.2) is 29.9 Å². The first-order valence-electron chi connectivity index (χ1n) is 6.84. The third kappa shape index (κ3) is 3.18. The van der Waals surface area contributed by atoms with E-state index < -0.39 is 0 Å². The van der Waals surface area contributed by atoms with E-state index >= 15 is 0 Å². The van der Waals surface area contributed by atoms with Gasteiger partial charge in [0.15, 0.2) is 0 Å². The van der Waals surface area contributed by atoms with Crippen molar-refractivity contribution in [2.75, 3.05) is 13.1 Å².